The van der Waals surface area contributed by atoms with Crippen LogP contribution in [0, 0.1) is 0 Å². The lowest BCUT2D eigenvalue weighted by Crippen LogP contribution is -2.17. The summed E-state index contributed by atoms with van der Waals surface area (Å²) in [7, 11) is 0. The van der Waals surface area contributed by atoms with Crippen molar-refractivity contribution in [2.45, 2.75) is 50.6 Å². The number of aliphatic hydroxyl groups excluding tert-OH is 1. The highest BCUT2D eigenvalue weighted by molar-refractivity contribution is 5.28. The average molecular weight is 240 g/mol. The highest BCUT2D eigenvalue weighted by Gasteiger charge is 2.25. The molecule has 0 amide bonds. The predicted molar refractivity (Wildman–Crippen MR) is 63.2 cm³/mol. The molecule has 0 unspecified atom stereocenters. The molecule has 2 rings (SSSR count). The Hall–Kier alpha value is -0.960. The molecule has 0 atom stereocenters. The normalized spacial score (nSPS) is 25.9. The van der Waals surface area contributed by atoms with Gasteiger partial charge < -0.3 is 5.11 Å². The first-order valence-corrected chi connectivity index (χ1v) is 6.13. The maximum Gasteiger partial charge on any atom is 0.270 e. The zero-order valence-corrected chi connectivity index (χ0v) is 10.00. The Kier molecular flexibility index (Phi) is 3.48. The summed E-state index contributed by atoms with van der Waals surface area (Å²) in [6.07, 6.45) is 3.35. The van der Waals surface area contributed by atoms with Crippen molar-refractivity contribution in [1.82, 2.24) is 0 Å². The van der Waals surface area contributed by atoms with E-state index in [4.69, 9.17) is 0 Å². The van der Waals surface area contributed by atoms with Gasteiger partial charge in [-0.15, -0.1) is 0 Å². The molecule has 0 aliphatic heterocycles. The number of rotatable bonds is 2. The van der Waals surface area contributed by atoms with Gasteiger partial charge in [0.05, 0.1) is 6.10 Å². The van der Waals surface area contributed by atoms with Crippen LogP contribution >= 0.6 is 0 Å². The number of aliphatic hydroxyl groups is 1. The first-order valence-electron chi connectivity index (χ1n) is 6.13. The molecular weight excluding hydrogens is 222 g/mol. The van der Waals surface area contributed by atoms with E-state index in [9.17, 15) is 13.9 Å². The first kappa shape index (κ1) is 12.5. The van der Waals surface area contributed by atoms with Crippen LogP contribution in [-0.4, -0.2) is 11.2 Å². The third-order valence-electron chi connectivity index (χ3n) is 3.59. The summed E-state index contributed by atoms with van der Waals surface area (Å²) in [5.74, 6) is -2.35. The lowest BCUT2D eigenvalue weighted by atomic mass is 9.82. The summed E-state index contributed by atoms with van der Waals surface area (Å²) in [6.45, 7) is 0.916. The number of halogens is 2. The topological polar surface area (TPSA) is 20.2 Å². The van der Waals surface area contributed by atoms with Crippen LogP contribution in [0.25, 0.3) is 0 Å². The highest BCUT2D eigenvalue weighted by atomic mass is 19.3. The third-order valence-corrected chi connectivity index (χ3v) is 3.59. The van der Waals surface area contributed by atoms with E-state index < -0.39 is 5.92 Å². The molecule has 1 saturated carbocycles. The van der Waals surface area contributed by atoms with Crippen LogP contribution in [-0.2, 0) is 5.92 Å². The molecular formula is C14H18F2O. The lowest BCUT2D eigenvalue weighted by molar-refractivity contribution is 0.0174. The van der Waals surface area contributed by atoms with Gasteiger partial charge in [-0.2, -0.15) is 0 Å². The van der Waals surface area contributed by atoms with Crippen LogP contribution in [0.15, 0.2) is 24.3 Å². The van der Waals surface area contributed by atoms with E-state index in [1.54, 1.807) is 12.1 Å². The summed E-state index contributed by atoms with van der Waals surface area (Å²) >= 11 is 0. The van der Waals surface area contributed by atoms with E-state index in [1.165, 1.54) is 12.1 Å². The van der Waals surface area contributed by atoms with Gasteiger partial charge in [0, 0.05) is 12.5 Å². The van der Waals surface area contributed by atoms with Crippen molar-refractivity contribution in [3.8, 4) is 0 Å². The van der Waals surface area contributed by atoms with E-state index in [2.05, 4.69) is 0 Å². The summed E-state index contributed by atoms with van der Waals surface area (Å²) in [6, 6.07) is 6.63. The van der Waals surface area contributed by atoms with Gasteiger partial charge in [-0.25, -0.2) is 8.78 Å². The Morgan fingerprint density at radius 3 is 2.06 bits per heavy atom. The van der Waals surface area contributed by atoms with Gasteiger partial charge in [-0.05, 0) is 37.2 Å². The van der Waals surface area contributed by atoms with Crippen molar-refractivity contribution in [2.75, 3.05) is 0 Å². The molecule has 1 N–H and O–H groups in total. The van der Waals surface area contributed by atoms with Gasteiger partial charge in [-0.3, -0.25) is 0 Å². The van der Waals surface area contributed by atoms with Crippen LogP contribution in [0.5, 0.6) is 0 Å². The van der Waals surface area contributed by atoms with Crippen LogP contribution in [0.1, 0.15) is 49.7 Å². The van der Waals surface area contributed by atoms with Gasteiger partial charge in [0.2, 0.25) is 0 Å². The van der Waals surface area contributed by atoms with Crippen molar-refractivity contribution in [3.63, 3.8) is 0 Å². The van der Waals surface area contributed by atoms with Crippen LogP contribution in [0.2, 0.25) is 0 Å². The molecule has 1 aliphatic carbocycles. The van der Waals surface area contributed by atoms with Gasteiger partial charge in [0.1, 0.15) is 0 Å². The minimum Gasteiger partial charge on any atom is -0.393 e. The van der Waals surface area contributed by atoms with Gasteiger partial charge >= 0.3 is 0 Å². The molecule has 0 bridgehead atoms. The molecule has 1 fully saturated rings. The van der Waals surface area contributed by atoms with Gasteiger partial charge in [0.25, 0.3) is 5.92 Å². The molecule has 0 radical (unpaired) electrons. The first-order chi connectivity index (χ1) is 7.97. The zero-order chi connectivity index (χ0) is 12.5. The minimum atomic E-state index is -2.76. The van der Waals surface area contributed by atoms with Crippen molar-refractivity contribution >= 4 is 0 Å². The van der Waals surface area contributed by atoms with Crippen molar-refractivity contribution < 1.29 is 13.9 Å². The highest BCUT2D eigenvalue weighted by Crippen LogP contribution is 2.34. The van der Waals surface area contributed by atoms with E-state index in [0.29, 0.717) is 5.92 Å². The predicted octanol–water partition coefficient (Wildman–Crippen LogP) is 3.82. The van der Waals surface area contributed by atoms with Crippen molar-refractivity contribution in [3.05, 3.63) is 35.4 Å². The Bertz CT molecular complexity index is 359. The molecule has 1 nitrogen and oxygen atoms in total. The number of hydrogen-bond acceptors (Lipinski definition) is 1. The molecule has 1 aromatic rings. The standard InChI is InChI=1S/C14H18F2O/c1-14(15,16)12-6-2-10(3-7-12)11-4-8-13(17)9-5-11/h2-3,6-7,11,13,17H,4-5,8-9H2,1H3. The fourth-order valence-corrected chi connectivity index (χ4v) is 2.46. The van der Waals surface area contributed by atoms with E-state index >= 15 is 0 Å². The fraction of sp³-hybridized carbons (Fsp3) is 0.571. The molecule has 0 aromatic heterocycles. The van der Waals surface area contributed by atoms with Crippen molar-refractivity contribution in [1.29, 1.82) is 0 Å². The summed E-state index contributed by atoms with van der Waals surface area (Å²) in [5, 5.41) is 9.43. The summed E-state index contributed by atoms with van der Waals surface area (Å²) < 4.78 is 26.1. The van der Waals surface area contributed by atoms with Crippen molar-refractivity contribution in [2.24, 2.45) is 0 Å². The second kappa shape index (κ2) is 4.73. The molecule has 1 aromatic carbocycles. The number of benzene rings is 1. The maximum absolute atomic E-state index is 13.0. The SMILES string of the molecule is CC(F)(F)c1ccc(C2CCC(O)CC2)cc1. The smallest absolute Gasteiger partial charge is 0.270 e. The molecule has 0 spiro atoms. The molecule has 94 valence electrons. The van der Waals surface area contributed by atoms with Crippen LogP contribution in [0.4, 0.5) is 8.78 Å². The fourth-order valence-electron chi connectivity index (χ4n) is 2.46. The molecule has 17 heavy (non-hydrogen) atoms. The van der Waals surface area contributed by atoms with E-state index in [1.807, 2.05) is 0 Å². The zero-order valence-electron chi connectivity index (χ0n) is 10.00. The molecule has 0 heterocycles. The monoisotopic (exact) mass is 240 g/mol. The second-order valence-corrected chi connectivity index (χ2v) is 5.02. The maximum atomic E-state index is 13.0. The van der Waals surface area contributed by atoms with Gasteiger partial charge in [0.15, 0.2) is 0 Å². The molecule has 0 saturated heterocycles. The summed E-state index contributed by atoms with van der Waals surface area (Å²) in [5.41, 5.74) is 1.18. The van der Waals surface area contributed by atoms with Gasteiger partial charge in [-0.1, -0.05) is 24.3 Å². The second-order valence-electron chi connectivity index (χ2n) is 5.02. The van der Waals surface area contributed by atoms with Crippen LogP contribution < -0.4 is 0 Å². The number of alkyl halides is 2. The Labute approximate surface area is 100 Å². The molecule has 1 aliphatic rings. The average Bonchev–Trinajstić information content (AvgIpc) is 2.29. The number of hydrogen-bond donors (Lipinski definition) is 1. The van der Waals surface area contributed by atoms with E-state index in [0.717, 1.165) is 38.2 Å². The quantitative estimate of drug-likeness (QED) is 0.833. The van der Waals surface area contributed by atoms with E-state index in [-0.39, 0.29) is 11.7 Å². The Morgan fingerprint density at radius 1 is 1.06 bits per heavy atom. The third kappa shape index (κ3) is 3.03. The summed E-state index contributed by atoms with van der Waals surface area (Å²) in [4.78, 5) is 0. The largest absolute Gasteiger partial charge is 0.393 e. The lowest BCUT2D eigenvalue weighted by Gasteiger charge is -2.26. The Balaban J connectivity index is 2.08. The molecule has 3 heteroatoms. The minimum absolute atomic E-state index is 0.0668. The van der Waals surface area contributed by atoms with Crippen LogP contribution in [0.3, 0.4) is 0 Å². The Morgan fingerprint density at radius 2 is 1.59 bits per heavy atom.